The molecule has 136 valence electrons. The van der Waals surface area contributed by atoms with E-state index in [0.29, 0.717) is 17.3 Å². The number of hydrogen-bond acceptors (Lipinski definition) is 3. The number of aromatic amines is 1. The number of hydrogen-bond donors (Lipinski definition) is 1. The normalized spacial score (nSPS) is 11.4. The maximum Gasteiger partial charge on any atom is 0.278 e. The topological polar surface area (TPSA) is 50.7 Å². The summed E-state index contributed by atoms with van der Waals surface area (Å²) >= 11 is 1.62. The van der Waals surface area contributed by atoms with Gasteiger partial charge in [-0.3, -0.25) is 9.36 Å². The molecule has 0 saturated carbocycles. The van der Waals surface area contributed by atoms with Crippen LogP contribution in [0.4, 0.5) is 0 Å². The van der Waals surface area contributed by atoms with Crippen molar-refractivity contribution in [1.29, 1.82) is 0 Å². The van der Waals surface area contributed by atoms with Gasteiger partial charge in [0.05, 0.1) is 6.54 Å². The number of nitrogens with zero attached hydrogens (tertiary/aromatic N) is 2. The lowest BCUT2D eigenvalue weighted by Crippen LogP contribution is -2.24. The largest absolute Gasteiger partial charge is 0.355 e. The van der Waals surface area contributed by atoms with E-state index in [4.69, 9.17) is 4.98 Å². The number of fused-ring (bicyclic) bond motifs is 1. The van der Waals surface area contributed by atoms with E-state index in [1.165, 1.54) is 0 Å². The van der Waals surface area contributed by atoms with E-state index < -0.39 is 0 Å². The SMILES string of the molecule is CC(C)Sc1nc2c(-c3ccccc3)c[nH]c2c(=O)n1Cc1ccccc1. The van der Waals surface area contributed by atoms with E-state index in [9.17, 15) is 4.79 Å². The molecule has 0 fully saturated rings. The second-order valence-corrected chi connectivity index (χ2v) is 8.27. The summed E-state index contributed by atoms with van der Waals surface area (Å²) in [7, 11) is 0. The molecule has 1 N–H and O–H groups in total. The van der Waals surface area contributed by atoms with Gasteiger partial charge < -0.3 is 4.98 Å². The van der Waals surface area contributed by atoms with Gasteiger partial charge in [-0.15, -0.1) is 0 Å². The highest BCUT2D eigenvalue weighted by atomic mass is 32.2. The average Bonchev–Trinajstić information content (AvgIpc) is 3.10. The average molecular weight is 375 g/mol. The van der Waals surface area contributed by atoms with Crippen LogP contribution < -0.4 is 5.56 Å². The first-order valence-corrected chi connectivity index (χ1v) is 9.89. The predicted molar refractivity (Wildman–Crippen MR) is 112 cm³/mol. The molecular formula is C22H21N3OS. The third-order valence-corrected chi connectivity index (χ3v) is 5.35. The van der Waals surface area contributed by atoms with Crippen LogP contribution >= 0.6 is 11.8 Å². The lowest BCUT2D eigenvalue weighted by molar-refractivity contribution is 0.656. The highest BCUT2D eigenvalue weighted by Crippen LogP contribution is 2.29. The van der Waals surface area contributed by atoms with Crippen molar-refractivity contribution in [2.75, 3.05) is 0 Å². The van der Waals surface area contributed by atoms with Gasteiger partial charge >= 0.3 is 0 Å². The van der Waals surface area contributed by atoms with E-state index >= 15 is 0 Å². The third-order valence-electron chi connectivity index (χ3n) is 4.36. The van der Waals surface area contributed by atoms with Crippen LogP contribution in [0.5, 0.6) is 0 Å². The first-order chi connectivity index (χ1) is 13.1. The molecule has 0 amide bonds. The summed E-state index contributed by atoms with van der Waals surface area (Å²) in [5, 5.41) is 1.08. The lowest BCUT2D eigenvalue weighted by atomic mass is 10.1. The molecule has 0 radical (unpaired) electrons. The highest BCUT2D eigenvalue weighted by Gasteiger charge is 2.17. The van der Waals surface area contributed by atoms with E-state index in [1.54, 1.807) is 16.3 Å². The van der Waals surface area contributed by atoms with Gasteiger partial charge in [0.25, 0.3) is 5.56 Å². The molecule has 4 rings (SSSR count). The molecule has 0 aliphatic rings. The van der Waals surface area contributed by atoms with Crippen molar-refractivity contribution in [2.45, 2.75) is 30.8 Å². The second-order valence-electron chi connectivity index (χ2n) is 6.73. The molecule has 2 aromatic heterocycles. The monoisotopic (exact) mass is 375 g/mol. The van der Waals surface area contributed by atoms with E-state index in [2.05, 4.69) is 18.8 Å². The Morgan fingerprint density at radius 1 is 1.04 bits per heavy atom. The molecule has 27 heavy (non-hydrogen) atoms. The number of benzene rings is 2. The summed E-state index contributed by atoms with van der Waals surface area (Å²) in [5.41, 5.74) is 4.35. The van der Waals surface area contributed by atoms with Gasteiger partial charge in [-0.1, -0.05) is 86.3 Å². The molecular weight excluding hydrogens is 354 g/mol. The smallest absolute Gasteiger partial charge is 0.278 e. The molecule has 2 aromatic carbocycles. The minimum absolute atomic E-state index is 0.0332. The molecule has 2 heterocycles. The van der Waals surface area contributed by atoms with Crippen molar-refractivity contribution in [2.24, 2.45) is 0 Å². The van der Waals surface area contributed by atoms with Gasteiger partial charge in [-0.2, -0.15) is 0 Å². The molecule has 0 saturated heterocycles. The molecule has 0 aliphatic heterocycles. The molecule has 4 aromatic rings. The van der Waals surface area contributed by atoms with Crippen molar-refractivity contribution < 1.29 is 0 Å². The Bertz CT molecular complexity index is 1110. The Labute approximate surface area is 162 Å². The number of rotatable bonds is 5. The molecule has 0 aliphatic carbocycles. The fourth-order valence-corrected chi connectivity index (χ4v) is 3.96. The third kappa shape index (κ3) is 3.55. The number of H-pyrrole nitrogens is 1. The molecule has 4 nitrogen and oxygen atoms in total. The highest BCUT2D eigenvalue weighted by molar-refractivity contribution is 7.99. The van der Waals surface area contributed by atoms with Gasteiger partial charge in [-0.05, 0) is 11.1 Å². The maximum atomic E-state index is 13.3. The summed E-state index contributed by atoms with van der Waals surface area (Å²) in [4.78, 5) is 21.3. The molecule has 0 bridgehead atoms. The first kappa shape index (κ1) is 17.6. The van der Waals surface area contributed by atoms with Gasteiger partial charge in [0.2, 0.25) is 0 Å². The molecule has 5 heteroatoms. The van der Waals surface area contributed by atoms with Crippen LogP contribution in [0, 0.1) is 0 Å². The predicted octanol–water partition coefficient (Wildman–Crippen LogP) is 4.94. The lowest BCUT2D eigenvalue weighted by Gasteiger charge is -2.14. The Hall–Kier alpha value is -2.79. The van der Waals surface area contributed by atoms with Crippen LogP contribution in [-0.2, 0) is 6.54 Å². The van der Waals surface area contributed by atoms with Gasteiger partial charge in [0, 0.05) is 17.0 Å². The van der Waals surface area contributed by atoms with Crippen LogP contribution in [0.3, 0.4) is 0 Å². The van der Waals surface area contributed by atoms with Gasteiger partial charge in [-0.25, -0.2) is 4.98 Å². The summed E-state index contributed by atoms with van der Waals surface area (Å²) in [5.74, 6) is 0. The first-order valence-electron chi connectivity index (χ1n) is 9.01. The van der Waals surface area contributed by atoms with Crippen LogP contribution in [0.15, 0.2) is 76.8 Å². The summed E-state index contributed by atoms with van der Waals surface area (Å²) < 4.78 is 1.77. The second kappa shape index (κ2) is 7.45. The van der Waals surface area contributed by atoms with E-state index in [1.807, 2.05) is 66.9 Å². The number of aromatic nitrogens is 3. The fourth-order valence-electron chi connectivity index (χ4n) is 3.12. The summed E-state index contributed by atoms with van der Waals surface area (Å²) in [6.45, 7) is 4.74. The maximum absolute atomic E-state index is 13.3. The van der Waals surface area contributed by atoms with Crippen LogP contribution in [-0.4, -0.2) is 19.8 Å². The zero-order valence-corrected chi connectivity index (χ0v) is 16.2. The van der Waals surface area contributed by atoms with Crippen molar-refractivity contribution in [3.05, 3.63) is 82.8 Å². The van der Waals surface area contributed by atoms with Crippen LogP contribution in [0.2, 0.25) is 0 Å². The van der Waals surface area contributed by atoms with Crippen molar-refractivity contribution in [1.82, 2.24) is 14.5 Å². The number of thioether (sulfide) groups is 1. The van der Waals surface area contributed by atoms with E-state index in [-0.39, 0.29) is 5.56 Å². The van der Waals surface area contributed by atoms with Crippen molar-refractivity contribution in [3.63, 3.8) is 0 Å². The van der Waals surface area contributed by atoms with Gasteiger partial charge in [0.15, 0.2) is 5.16 Å². The minimum atomic E-state index is -0.0332. The van der Waals surface area contributed by atoms with Crippen molar-refractivity contribution >= 4 is 22.8 Å². The molecule has 0 unspecified atom stereocenters. The van der Waals surface area contributed by atoms with Crippen molar-refractivity contribution in [3.8, 4) is 11.1 Å². The summed E-state index contributed by atoms with van der Waals surface area (Å²) in [6, 6.07) is 20.1. The summed E-state index contributed by atoms with van der Waals surface area (Å²) in [6.07, 6.45) is 1.88. The Morgan fingerprint density at radius 2 is 1.70 bits per heavy atom. The van der Waals surface area contributed by atoms with Crippen LogP contribution in [0.25, 0.3) is 22.2 Å². The standard InChI is InChI=1S/C22H21N3OS/c1-15(2)27-22-24-19-18(17-11-7-4-8-12-17)13-23-20(19)21(26)25(22)14-16-9-5-3-6-10-16/h3-13,15,23H,14H2,1-2H3. The molecule has 0 spiro atoms. The Kier molecular flexibility index (Phi) is 4.86. The van der Waals surface area contributed by atoms with Crippen LogP contribution in [0.1, 0.15) is 19.4 Å². The Balaban J connectivity index is 1.90. The Morgan fingerprint density at radius 3 is 2.37 bits per heavy atom. The quantitative estimate of drug-likeness (QED) is 0.397. The van der Waals surface area contributed by atoms with E-state index in [0.717, 1.165) is 27.4 Å². The zero-order valence-electron chi connectivity index (χ0n) is 15.3. The fraction of sp³-hybridized carbons (Fsp3) is 0.182. The van der Waals surface area contributed by atoms with Gasteiger partial charge in [0.1, 0.15) is 11.0 Å². The zero-order chi connectivity index (χ0) is 18.8. The molecule has 0 atom stereocenters. The minimum Gasteiger partial charge on any atom is -0.355 e. The number of nitrogens with one attached hydrogen (secondary N) is 1.